The van der Waals surface area contributed by atoms with Crippen LogP contribution in [0.25, 0.3) is 0 Å². The smallest absolute Gasteiger partial charge is 0.340 e. The van der Waals surface area contributed by atoms with Gasteiger partial charge in [-0.25, -0.2) is 4.79 Å². The number of fused-ring (bicyclic) bond motifs is 1. The molecule has 9 heteroatoms. The quantitative estimate of drug-likeness (QED) is 0.678. The largest absolute Gasteiger partial charge is 0.478 e. The molecule has 0 amide bonds. The second-order valence-electron chi connectivity index (χ2n) is 4.00. The van der Waals surface area contributed by atoms with E-state index < -0.39 is 17.1 Å². The summed E-state index contributed by atoms with van der Waals surface area (Å²) in [5.41, 5.74) is 2.24. The number of carboxylic acids is 1. The first-order chi connectivity index (χ1) is 8.59. The summed E-state index contributed by atoms with van der Waals surface area (Å²) < 4.78 is 0.817. The molecule has 3 rings (SSSR count). The highest BCUT2D eigenvalue weighted by atomic mass is 35.5. The number of aromatic carboxylic acids is 1. The Labute approximate surface area is 116 Å². The number of hydrogen-bond donors (Lipinski definition) is 3. The topological polar surface area (TPSA) is 100 Å². The molecule has 19 heavy (non-hydrogen) atoms. The van der Waals surface area contributed by atoms with Crippen LogP contribution in [0.15, 0.2) is 9.59 Å². The highest BCUT2D eigenvalue weighted by molar-refractivity contribution is 7.16. The summed E-state index contributed by atoms with van der Waals surface area (Å²) in [6.07, 6.45) is 0.636. The number of carboxylic acid groups (broad SMARTS) is 1. The Bertz CT molecular complexity index is 687. The summed E-state index contributed by atoms with van der Waals surface area (Å²) in [6.45, 7) is 1.34. The van der Waals surface area contributed by atoms with E-state index in [9.17, 15) is 19.5 Å². The first kappa shape index (κ1) is 13.8. The van der Waals surface area contributed by atoms with Crippen molar-refractivity contribution in [3.63, 3.8) is 0 Å². The monoisotopic (exact) mass is 303 g/mol. The maximum Gasteiger partial charge on any atom is 0.340 e. The Morgan fingerprint density at radius 3 is 2.63 bits per heavy atom. The van der Waals surface area contributed by atoms with E-state index >= 15 is 0 Å². The minimum Gasteiger partial charge on any atom is -0.478 e. The molecule has 0 atom stereocenters. The molecule has 0 spiro atoms. The Balaban J connectivity index is 0.00000133. The van der Waals surface area contributed by atoms with Crippen LogP contribution in [0, 0.1) is 0 Å². The van der Waals surface area contributed by atoms with Crippen LogP contribution >= 0.6 is 23.7 Å². The van der Waals surface area contributed by atoms with Crippen molar-refractivity contribution in [3.05, 3.63) is 36.7 Å². The summed E-state index contributed by atoms with van der Waals surface area (Å²) in [7, 11) is 0. The molecule has 0 unspecified atom stereocenters. The van der Waals surface area contributed by atoms with Gasteiger partial charge in [0, 0.05) is 11.4 Å². The van der Waals surface area contributed by atoms with Gasteiger partial charge in [0.1, 0.15) is 5.00 Å². The number of rotatable bonds is 3. The number of nitrogens with one attached hydrogen (secondary N) is 2. The lowest BCUT2D eigenvalue weighted by atomic mass is 10.0. The second-order valence-corrected chi connectivity index (χ2v) is 5.10. The average Bonchev–Trinajstić information content (AvgIpc) is 2.78. The summed E-state index contributed by atoms with van der Waals surface area (Å²) >= 11 is 1.26. The number of carbonyl (C=O) groups is 1. The van der Waals surface area contributed by atoms with Crippen LogP contribution in [0.5, 0.6) is 0 Å². The number of nitrogens with zero attached hydrogens (tertiary/aromatic N) is 1. The molecule has 0 aromatic carbocycles. The zero-order chi connectivity index (χ0) is 12.9. The number of aromatic nitrogens is 1. The van der Waals surface area contributed by atoms with Crippen molar-refractivity contribution in [2.24, 2.45) is 0 Å². The van der Waals surface area contributed by atoms with E-state index in [1.807, 2.05) is 0 Å². The van der Waals surface area contributed by atoms with E-state index in [1.54, 1.807) is 0 Å². The standard InChI is InChI=1S/C10H9N3O4S.ClH/c14-8-9(15)13(8)12-7-6(10(16)17)4-1-2-11-3-5(4)18-7;/h11-12H,1-3H2,(H,16,17);1H. The molecule has 0 saturated heterocycles. The number of hydrogen-bond acceptors (Lipinski definition) is 6. The van der Waals surface area contributed by atoms with Crippen LogP contribution in [0.1, 0.15) is 20.8 Å². The maximum absolute atomic E-state index is 11.3. The normalized spacial score (nSPS) is 13.9. The first-order valence-corrected chi connectivity index (χ1v) is 6.15. The predicted octanol–water partition coefficient (Wildman–Crippen LogP) is -0.213. The van der Waals surface area contributed by atoms with Gasteiger partial charge in [0.25, 0.3) is 0 Å². The van der Waals surface area contributed by atoms with E-state index in [0.717, 1.165) is 21.7 Å². The van der Waals surface area contributed by atoms with E-state index in [4.69, 9.17) is 0 Å². The van der Waals surface area contributed by atoms with E-state index in [0.29, 0.717) is 18.0 Å². The van der Waals surface area contributed by atoms with Gasteiger partial charge in [0.05, 0.1) is 5.56 Å². The summed E-state index contributed by atoms with van der Waals surface area (Å²) in [5, 5.41) is 12.7. The SMILES string of the molecule is Cl.O=C(O)c1c(Nn2c(=O)c2=O)sc2c1CCNC2. The number of anilines is 1. The summed E-state index contributed by atoms with van der Waals surface area (Å²) in [6, 6.07) is 0. The zero-order valence-corrected chi connectivity index (χ0v) is 11.2. The highest BCUT2D eigenvalue weighted by Gasteiger charge is 2.27. The number of halogens is 1. The molecule has 3 heterocycles. The average molecular weight is 304 g/mol. The zero-order valence-electron chi connectivity index (χ0n) is 9.56. The van der Waals surface area contributed by atoms with Gasteiger partial charge in [0.15, 0.2) is 0 Å². The van der Waals surface area contributed by atoms with Crippen molar-refractivity contribution in [1.29, 1.82) is 0 Å². The molecule has 3 N–H and O–H groups in total. The van der Waals surface area contributed by atoms with Crippen molar-refractivity contribution in [2.45, 2.75) is 13.0 Å². The molecule has 0 fully saturated rings. The summed E-state index contributed by atoms with van der Waals surface area (Å²) in [5.74, 6) is -1.04. The van der Waals surface area contributed by atoms with Gasteiger partial charge in [-0.1, -0.05) is 0 Å². The molecule has 0 radical (unpaired) electrons. The van der Waals surface area contributed by atoms with Gasteiger partial charge in [-0.05, 0) is 18.5 Å². The Kier molecular flexibility index (Phi) is 3.48. The van der Waals surface area contributed by atoms with Crippen molar-refractivity contribution in [2.75, 3.05) is 12.0 Å². The van der Waals surface area contributed by atoms with Gasteiger partial charge in [-0.15, -0.1) is 23.7 Å². The van der Waals surface area contributed by atoms with Crippen LogP contribution in [0.2, 0.25) is 0 Å². The van der Waals surface area contributed by atoms with E-state index in [2.05, 4.69) is 10.7 Å². The summed E-state index contributed by atoms with van der Waals surface area (Å²) in [4.78, 5) is 34.0. The lowest BCUT2D eigenvalue weighted by Gasteiger charge is -2.12. The molecule has 0 bridgehead atoms. The van der Waals surface area contributed by atoms with E-state index in [1.165, 1.54) is 11.3 Å². The highest BCUT2D eigenvalue weighted by Crippen LogP contribution is 2.35. The third-order valence-electron chi connectivity index (χ3n) is 2.89. The van der Waals surface area contributed by atoms with Gasteiger partial charge in [0.2, 0.25) is 0 Å². The molecular formula is C10H10ClN3O4S. The van der Waals surface area contributed by atoms with Gasteiger partial charge in [-0.2, -0.15) is 4.68 Å². The lowest BCUT2D eigenvalue weighted by molar-refractivity contribution is 0.0697. The minimum atomic E-state index is -1.04. The molecule has 0 aliphatic carbocycles. The van der Waals surface area contributed by atoms with Crippen molar-refractivity contribution >= 4 is 34.7 Å². The van der Waals surface area contributed by atoms with Crippen LogP contribution < -0.4 is 21.9 Å². The fourth-order valence-electron chi connectivity index (χ4n) is 1.98. The van der Waals surface area contributed by atoms with Gasteiger partial charge >= 0.3 is 17.1 Å². The Morgan fingerprint density at radius 2 is 2.05 bits per heavy atom. The molecule has 1 aliphatic rings. The Hall–Kier alpha value is -1.64. The molecule has 7 nitrogen and oxygen atoms in total. The Morgan fingerprint density at radius 1 is 1.37 bits per heavy atom. The first-order valence-electron chi connectivity index (χ1n) is 5.33. The van der Waals surface area contributed by atoms with Gasteiger partial charge in [-0.3, -0.25) is 15.0 Å². The van der Waals surface area contributed by atoms with Crippen molar-refractivity contribution in [3.8, 4) is 0 Å². The fourth-order valence-corrected chi connectivity index (χ4v) is 3.18. The predicted molar refractivity (Wildman–Crippen MR) is 72.3 cm³/mol. The third kappa shape index (κ3) is 2.18. The fraction of sp³-hybridized carbons (Fsp3) is 0.300. The van der Waals surface area contributed by atoms with Crippen LogP contribution in [-0.4, -0.2) is 22.3 Å². The lowest BCUT2D eigenvalue weighted by Crippen LogP contribution is -2.23. The molecule has 0 saturated carbocycles. The molecule has 102 valence electrons. The molecule has 2 aromatic heterocycles. The van der Waals surface area contributed by atoms with Gasteiger partial charge < -0.3 is 10.4 Å². The van der Waals surface area contributed by atoms with E-state index in [-0.39, 0.29) is 18.0 Å². The van der Waals surface area contributed by atoms with Crippen molar-refractivity contribution < 1.29 is 9.90 Å². The molecule has 1 aliphatic heterocycles. The third-order valence-corrected chi connectivity index (χ3v) is 4.03. The maximum atomic E-state index is 11.3. The minimum absolute atomic E-state index is 0. The van der Waals surface area contributed by atoms with Crippen molar-refractivity contribution in [1.82, 2.24) is 9.99 Å². The molecule has 2 aromatic rings. The van der Waals surface area contributed by atoms with Crippen LogP contribution in [0.3, 0.4) is 0 Å². The second kappa shape index (κ2) is 4.80. The molecular weight excluding hydrogens is 294 g/mol. The number of thiophene rings is 1. The van der Waals surface area contributed by atoms with Crippen LogP contribution in [0.4, 0.5) is 5.00 Å². The van der Waals surface area contributed by atoms with Crippen LogP contribution in [-0.2, 0) is 13.0 Å².